The lowest BCUT2D eigenvalue weighted by Gasteiger charge is -2.22. The van der Waals surface area contributed by atoms with Crippen LogP contribution in [0.3, 0.4) is 0 Å². The van der Waals surface area contributed by atoms with E-state index >= 15 is 0 Å². The van der Waals surface area contributed by atoms with Crippen molar-refractivity contribution >= 4 is 24.5 Å². The number of rotatable bonds is 22. The molecule has 0 aliphatic rings. The van der Waals surface area contributed by atoms with Crippen LogP contribution in [0, 0.1) is 0 Å². The zero-order valence-electron chi connectivity index (χ0n) is 18.5. The molecule has 0 aliphatic carbocycles. The molecule has 0 atom stereocenters. The third kappa shape index (κ3) is 16.5. The van der Waals surface area contributed by atoms with Crippen molar-refractivity contribution in [3.8, 4) is 0 Å². The fourth-order valence-electron chi connectivity index (χ4n) is 3.35. The Morgan fingerprint density at radius 1 is 0.733 bits per heavy atom. The van der Waals surface area contributed by atoms with Crippen molar-refractivity contribution in [3.05, 3.63) is 18.5 Å². The summed E-state index contributed by atoms with van der Waals surface area (Å²) in [5, 5.41) is 0.763. The van der Waals surface area contributed by atoms with Gasteiger partial charge in [-0.1, -0.05) is 38.5 Å². The van der Waals surface area contributed by atoms with Gasteiger partial charge >= 0.3 is 0 Å². The van der Waals surface area contributed by atoms with E-state index in [9.17, 15) is 9.59 Å². The van der Waals surface area contributed by atoms with Crippen molar-refractivity contribution in [1.82, 2.24) is 19.6 Å². The minimum absolute atomic E-state index is 0.706. The highest BCUT2D eigenvalue weighted by molar-refractivity contribution is 7.97. The van der Waals surface area contributed by atoms with Crippen LogP contribution in [-0.2, 0) is 9.59 Å². The first kappa shape index (κ1) is 26.7. The lowest BCUT2D eigenvalue weighted by Crippen LogP contribution is -2.29. The van der Waals surface area contributed by atoms with E-state index in [-0.39, 0.29) is 0 Å². The Hall–Kier alpha value is -1.31. The standard InChI is InChI=1S/C23H40N4O2S/c28-21-11-7-3-1-5-9-18-27(19-10-6-2-4-8-12-22-29)20-14-17-26-30-23-24-15-13-16-25-23/h13,15-16,21-22,26H,1-12,14,17-20H2. The molecule has 30 heavy (non-hydrogen) atoms. The fourth-order valence-corrected chi connectivity index (χ4v) is 3.95. The van der Waals surface area contributed by atoms with Crippen LogP contribution in [0.15, 0.2) is 23.6 Å². The molecule has 0 amide bonds. The molecule has 0 radical (unpaired) electrons. The summed E-state index contributed by atoms with van der Waals surface area (Å²) in [6.07, 6.45) is 19.9. The summed E-state index contributed by atoms with van der Waals surface area (Å²) >= 11 is 1.49. The molecule has 1 aromatic rings. The summed E-state index contributed by atoms with van der Waals surface area (Å²) in [6, 6.07) is 1.83. The van der Waals surface area contributed by atoms with Gasteiger partial charge in [0.1, 0.15) is 12.6 Å². The second-order valence-corrected chi connectivity index (χ2v) is 8.53. The van der Waals surface area contributed by atoms with Crippen molar-refractivity contribution in [1.29, 1.82) is 0 Å². The summed E-state index contributed by atoms with van der Waals surface area (Å²) < 4.78 is 3.36. The maximum atomic E-state index is 10.4. The number of carbonyl (C=O) groups is 2. The van der Waals surface area contributed by atoms with E-state index in [0.717, 1.165) is 63.2 Å². The van der Waals surface area contributed by atoms with Gasteiger partial charge < -0.3 is 14.5 Å². The van der Waals surface area contributed by atoms with Gasteiger partial charge in [0.2, 0.25) is 5.16 Å². The Labute approximate surface area is 187 Å². The summed E-state index contributed by atoms with van der Waals surface area (Å²) in [5.41, 5.74) is 0. The van der Waals surface area contributed by atoms with Crippen molar-refractivity contribution in [2.45, 2.75) is 88.6 Å². The molecule has 7 heteroatoms. The van der Waals surface area contributed by atoms with E-state index in [1.165, 1.54) is 63.3 Å². The minimum atomic E-state index is 0.706. The van der Waals surface area contributed by atoms with Gasteiger partial charge in [-0.2, -0.15) is 0 Å². The van der Waals surface area contributed by atoms with Gasteiger partial charge in [0.25, 0.3) is 0 Å². The molecular weight excluding hydrogens is 396 g/mol. The summed E-state index contributed by atoms with van der Waals surface area (Å²) in [6.45, 7) is 4.37. The fraction of sp³-hybridized carbons (Fsp3) is 0.739. The van der Waals surface area contributed by atoms with Crippen molar-refractivity contribution < 1.29 is 9.59 Å². The van der Waals surface area contributed by atoms with Crippen LogP contribution >= 0.6 is 11.9 Å². The number of nitrogens with one attached hydrogen (secondary N) is 1. The van der Waals surface area contributed by atoms with Crippen LogP contribution in [0.4, 0.5) is 0 Å². The lowest BCUT2D eigenvalue weighted by molar-refractivity contribution is -0.108. The molecule has 0 saturated heterocycles. The maximum Gasteiger partial charge on any atom is 0.202 e. The first-order chi connectivity index (χ1) is 14.9. The third-order valence-electron chi connectivity index (χ3n) is 5.05. The molecule has 0 saturated carbocycles. The predicted molar refractivity (Wildman–Crippen MR) is 124 cm³/mol. The number of hydrogen-bond acceptors (Lipinski definition) is 7. The van der Waals surface area contributed by atoms with E-state index < -0.39 is 0 Å². The van der Waals surface area contributed by atoms with Crippen LogP contribution in [0.5, 0.6) is 0 Å². The number of nitrogens with zero attached hydrogens (tertiary/aromatic N) is 3. The van der Waals surface area contributed by atoms with E-state index in [2.05, 4.69) is 19.6 Å². The molecule has 6 nitrogen and oxygen atoms in total. The largest absolute Gasteiger partial charge is 0.303 e. The lowest BCUT2D eigenvalue weighted by atomic mass is 10.1. The number of carbonyl (C=O) groups excluding carboxylic acids is 2. The average molecular weight is 437 g/mol. The summed E-state index contributed by atoms with van der Waals surface area (Å²) in [5.74, 6) is 0. The smallest absolute Gasteiger partial charge is 0.202 e. The molecular formula is C23H40N4O2S. The van der Waals surface area contributed by atoms with E-state index in [1.807, 2.05) is 6.07 Å². The maximum absolute atomic E-state index is 10.4. The zero-order valence-corrected chi connectivity index (χ0v) is 19.3. The van der Waals surface area contributed by atoms with Gasteiger partial charge in [-0.3, -0.25) is 4.72 Å². The van der Waals surface area contributed by atoms with E-state index in [1.54, 1.807) is 12.4 Å². The molecule has 1 aromatic heterocycles. The number of aldehydes is 2. The second kappa shape index (κ2) is 20.9. The molecule has 0 bridgehead atoms. The van der Waals surface area contributed by atoms with Crippen molar-refractivity contribution in [3.63, 3.8) is 0 Å². The number of aromatic nitrogens is 2. The second-order valence-electron chi connectivity index (χ2n) is 7.67. The van der Waals surface area contributed by atoms with Crippen molar-refractivity contribution in [2.24, 2.45) is 0 Å². The van der Waals surface area contributed by atoms with Gasteiger partial charge in [0.15, 0.2) is 0 Å². The van der Waals surface area contributed by atoms with Crippen LogP contribution in [0.25, 0.3) is 0 Å². The van der Waals surface area contributed by atoms with Gasteiger partial charge in [-0.15, -0.1) is 0 Å². The van der Waals surface area contributed by atoms with Crippen LogP contribution in [0.1, 0.15) is 83.5 Å². The molecule has 1 heterocycles. The Morgan fingerprint density at radius 3 is 1.80 bits per heavy atom. The van der Waals surface area contributed by atoms with Crippen LogP contribution in [-0.4, -0.2) is 53.6 Å². The molecule has 1 N–H and O–H groups in total. The summed E-state index contributed by atoms with van der Waals surface area (Å²) in [4.78, 5) is 31.8. The SMILES string of the molecule is O=CCCCCCCCN(CCCCCCCC=O)CCCNSc1ncccn1. The number of unbranched alkanes of at least 4 members (excludes halogenated alkanes) is 10. The molecule has 0 fully saturated rings. The monoisotopic (exact) mass is 436 g/mol. The Kier molecular flexibility index (Phi) is 18.7. The topological polar surface area (TPSA) is 75.2 Å². The van der Waals surface area contributed by atoms with Crippen molar-refractivity contribution in [2.75, 3.05) is 26.2 Å². The molecule has 0 unspecified atom stereocenters. The molecule has 0 aromatic carbocycles. The molecule has 0 aliphatic heterocycles. The predicted octanol–water partition coefficient (Wildman–Crippen LogP) is 4.84. The Bertz CT molecular complexity index is 497. The van der Waals surface area contributed by atoms with Gasteiger partial charge in [0, 0.05) is 31.8 Å². The summed E-state index contributed by atoms with van der Waals surface area (Å²) in [7, 11) is 0. The highest BCUT2D eigenvalue weighted by Gasteiger charge is 2.05. The first-order valence-corrected chi connectivity index (χ1v) is 12.4. The van der Waals surface area contributed by atoms with Crippen LogP contribution in [0.2, 0.25) is 0 Å². The van der Waals surface area contributed by atoms with Gasteiger partial charge in [0.05, 0.1) is 0 Å². The molecule has 0 spiro atoms. The zero-order chi connectivity index (χ0) is 21.5. The Morgan fingerprint density at radius 2 is 1.23 bits per heavy atom. The average Bonchev–Trinajstić information content (AvgIpc) is 2.77. The quantitative estimate of drug-likeness (QED) is 0.121. The first-order valence-electron chi connectivity index (χ1n) is 11.6. The number of hydrogen-bond donors (Lipinski definition) is 1. The highest BCUT2D eigenvalue weighted by Crippen LogP contribution is 2.10. The van der Waals surface area contributed by atoms with Gasteiger partial charge in [-0.05, 0) is 69.8 Å². The minimum Gasteiger partial charge on any atom is -0.303 e. The van der Waals surface area contributed by atoms with Gasteiger partial charge in [-0.25, -0.2) is 9.97 Å². The normalized spacial score (nSPS) is 11.1. The molecule has 170 valence electrons. The molecule has 1 rings (SSSR count). The third-order valence-corrected chi connectivity index (χ3v) is 5.79. The van der Waals surface area contributed by atoms with Crippen LogP contribution < -0.4 is 4.72 Å². The van der Waals surface area contributed by atoms with E-state index in [4.69, 9.17) is 0 Å². The highest BCUT2D eigenvalue weighted by atomic mass is 32.2. The van der Waals surface area contributed by atoms with E-state index in [0.29, 0.717) is 12.8 Å². The Balaban J connectivity index is 2.16.